The monoisotopic (exact) mass is 270 g/mol. The zero-order chi connectivity index (χ0) is 14.2. The second-order valence-electron chi connectivity index (χ2n) is 4.68. The van der Waals surface area contributed by atoms with Gasteiger partial charge < -0.3 is 14.6 Å². The molecule has 102 valence electrons. The van der Waals surface area contributed by atoms with Crippen LogP contribution in [0, 0.1) is 0 Å². The summed E-state index contributed by atoms with van der Waals surface area (Å²) >= 11 is 0. The molecule has 0 spiro atoms. The van der Waals surface area contributed by atoms with E-state index in [1.807, 2.05) is 30.3 Å². The van der Waals surface area contributed by atoms with Gasteiger partial charge in [-0.2, -0.15) is 0 Å². The van der Waals surface area contributed by atoms with Crippen molar-refractivity contribution >= 4 is 5.78 Å². The van der Waals surface area contributed by atoms with Crippen molar-refractivity contribution in [1.29, 1.82) is 0 Å². The summed E-state index contributed by atoms with van der Waals surface area (Å²) in [6.45, 7) is 0. The highest BCUT2D eigenvalue weighted by molar-refractivity contribution is 6.02. The number of methoxy groups -OCH3 is 1. The Labute approximate surface area is 116 Å². The molecule has 4 heteroatoms. The predicted molar refractivity (Wildman–Crippen MR) is 72.8 cm³/mol. The Kier molecular flexibility index (Phi) is 2.95. The van der Waals surface area contributed by atoms with Crippen LogP contribution in [0.5, 0.6) is 11.5 Å². The number of hydrogen-bond donors (Lipinski definition) is 1. The lowest BCUT2D eigenvalue weighted by molar-refractivity contribution is -0.173. The highest BCUT2D eigenvalue weighted by Gasteiger charge is 2.43. The molecule has 3 rings (SSSR count). The zero-order valence-electron chi connectivity index (χ0n) is 11.0. The maximum absolute atomic E-state index is 12.3. The molecule has 20 heavy (non-hydrogen) atoms. The van der Waals surface area contributed by atoms with Gasteiger partial charge in [0.05, 0.1) is 6.42 Å². The highest BCUT2D eigenvalue weighted by atomic mass is 16.7. The third-order valence-electron chi connectivity index (χ3n) is 3.49. The maximum Gasteiger partial charge on any atom is 0.244 e. The lowest BCUT2D eigenvalue weighted by atomic mass is 9.92. The van der Waals surface area contributed by atoms with Crippen molar-refractivity contribution in [3.8, 4) is 11.5 Å². The van der Waals surface area contributed by atoms with Crippen LogP contribution in [0.3, 0.4) is 0 Å². The molecule has 1 heterocycles. The van der Waals surface area contributed by atoms with E-state index in [4.69, 9.17) is 9.47 Å². The summed E-state index contributed by atoms with van der Waals surface area (Å²) in [6.07, 6.45) is 0.0259. The second-order valence-corrected chi connectivity index (χ2v) is 4.68. The van der Waals surface area contributed by atoms with Crippen LogP contribution >= 0.6 is 0 Å². The van der Waals surface area contributed by atoms with Gasteiger partial charge in [0.25, 0.3) is 0 Å². The van der Waals surface area contributed by atoms with E-state index in [0.29, 0.717) is 5.75 Å². The van der Waals surface area contributed by atoms with Crippen molar-refractivity contribution in [1.82, 2.24) is 0 Å². The van der Waals surface area contributed by atoms with E-state index >= 15 is 0 Å². The summed E-state index contributed by atoms with van der Waals surface area (Å²) in [6, 6.07) is 14.1. The van der Waals surface area contributed by atoms with E-state index in [2.05, 4.69) is 0 Å². The van der Waals surface area contributed by atoms with Crippen molar-refractivity contribution in [2.24, 2.45) is 0 Å². The number of hydrogen-bond acceptors (Lipinski definition) is 4. The number of ketones is 1. The molecule has 0 aliphatic carbocycles. The molecule has 0 amide bonds. The van der Waals surface area contributed by atoms with Gasteiger partial charge in [-0.1, -0.05) is 36.4 Å². The van der Waals surface area contributed by atoms with Crippen molar-refractivity contribution < 1.29 is 19.4 Å². The normalized spacial score (nSPS) is 21.1. The minimum atomic E-state index is -1.14. The lowest BCUT2D eigenvalue weighted by Crippen LogP contribution is -2.41. The van der Waals surface area contributed by atoms with E-state index in [9.17, 15) is 9.90 Å². The van der Waals surface area contributed by atoms with Crippen LogP contribution in [0.15, 0.2) is 48.5 Å². The number of rotatable bonds is 2. The third-order valence-corrected chi connectivity index (χ3v) is 3.49. The Balaban J connectivity index is 2.12. The Morgan fingerprint density at radius 3 is 2.60 bits per heavy atom. The minimum absolute atomic E-state index is 0.0259. The lowest BCUT2D eigenvalue weighted by Gasteiger charge is -2.36. The summed E-state index contributed by atoms with van der Waals surface area (Å²) in [5, 5.41) is 9.80. The largest absolute Gasteiger partial charge is 0.507 e. The molecule has 0 fully saturated rings. The molecule has 2 aromatic carbocycles. The van der Waals surface area contributed by atoms with Crippen LogP contribution < -0.4 is 4.74 Å². The Morgan fingerprint density at radius 1 is 1.15 bits per heavy atom. The Morgan fingerprint density at radius 2 is 1.90 bits per heavy atom. The number of phenols is 1. The standard InChI is InChI=1S/C16H14O4/c1-19-16(11-6-3-2-4-7-11)10-13(18)15-12(17)8-5-9-14(15)20-16/h2-9,17H,10H2,1H3. The molecule has 2 aromatic rings. The summed E-state index contributed by atoms with van der Waals surface area (Å²) in [5.41, 5.74) is 0.987. The van der Waals surface area contributed by atoms with Crippen LogP contribution in [0.4, 0.5) is 0 Å². The van der Waals surface area contributed by atoms with Crippen molar-refractivity contribution in [3.63, 3.8) is 0 Å². The SMILES string of the molecule is COC1(c2ccccc2)CC(=O)c2c(O)cccc2O1. The average molecular weight is 270 g/mol. The zero-order valence-corrected chi connectivity index (χ0v) is 11.0. The molecule has 0 saturated carbocycles. The van der Waals surface area contributed by atoms with Crippen molar-refractivity contribution in [3.05, 3.63) is 59.7 Å². The highest BCUT2D eigenvalue weighted by Crippen LogP contribution is 2.42. The molecule has 0 saturated heterocycles. The van der Waals surface area contributed by atoms with Crippen LogP contribution in [0.2, 0.25) is 0 Å². The first-order chi connectivity index (χ1) is 9.66. The van der Waals surface area contributed by atoms with Gasteiger partial charge >= 0.3 is 0 Å². The second kappa shape index (κ2) is 4.65. The van der Waals surface area contributed by atoms with Gasteiger partial charge in [-0.05, 0) is 12.1 Å². The summed E-state index contributed by atoms with van der Waals surface area (Å²) < 4.78 is 11.4. The van der Waals surface area contributed by atoms with Gasteiger partial charge in [0.1, 0.15) is 17.1 Å². The molecule has 1 unspecified atom stereocenters. The van der Waals surface area contributed by atoms with Crippen molar-refractivity contribution in [2.75, 3.05) is 7.11 Å². The smallest absolute Gasteiger partial charge is 0.244 e. The number of aromatic hydroxyl groups is 1. The first kappa shape index (κ1) is 12.7. The van der Waals surface area contributed by atoms with Gasteiger partial charge in [-0.3, -0.25) is 4.79 Å². The van der Waals surface area contributed by atoms with Gasteiger partial charge in [0.15, 0.2) is 5.78 Å². The van der Waals surface area contributed by atoms with Crippen LogP contribution in [-0.2, 0) is 10.5 Å². The van der Waals surface area contributed by atoms with E-state index < -0.39 is 5.79 Å². The molecule has 0 radical (unpaired) electrons. The minimum Gasteiger partial charge on any atom is -0.507 e. The first-order valence-electron chi connectivity index (χ1n) is 6.31. The van der Waals surface area contributed by atoms with Crippen LogP contribution in [-0.4, -0.2) is 18.0 Å². The molecular weight excluding hydrogens is 256 g/mol. The van der Waals surface area contributed by atoms with E-state index in [-0.39, 0.29) is 23.5 Å². The Hall–Kier alpha value is -2.33. The molecule has 1 N–H and O–H groups in total. The third kappa shape index (κ3) is 1.85. The molecule has 1 aliphatic heterocycles. The first-order valence-corrected chi connectivity index (χ1v) is 6.31. The molecule has 1 aliphatic rings. The van der Waals surface area contributed by atoms with E-state index in [1.54, 1.807) is 12.1 Å². The molecule has 0 aromatic heterocycles. The fraction of sp³-hybridized carbons (Fsp3) is 0.188. The number of ether oxygens (including phenoxy) is 2. The van der Waals surface area contributed by atoms with Gasteiger partial charge in [-0.25, -0.2) is 0 Å². The fourth-order valence-electron chi connectivity index (χ4n) is 2.48. The summed E-state index contributed by atoms with van der Waals surface area (Å²) in [7, 11) is 1.51. The van der Waals surface area contributed by atoms with Gasteiger partial charge in [-0.15, -0.1) is 0 Å². The van der Waals surface area contributed by atoms with Crippen molar-refractivity contribution in [2.45, 2.75) is 12.2 Å². The molecular formula is C16H14O4. The maximum atomic E-state index is 12.3. The number of fused-ring (bicyclic) bond motifs is 1. The molecule has 1 atom stereocenters. The average Bonchev–Trinajstić information content (AvgIpc) is 2.47. The summed E-state index contributed by atoms with van der Waals surface area (Å²) in [4.78, 5) is 12.3. The molecule has 4 nitrogen and oxygen atoms in total. The number of carbonyl (C=O) groups is 1. The fourth-order valence-corrected chi connectivity index (χ4v) is 2.48. The number of Topliss-reactive ketones (excluding diaryl/α,β-unsaturated/α-hetero) is 1. The van der Waals surface area contributed by atoms with Crippen LogP contribution in [0.1, 0.15) is 22.3 Å². The van der Waals surface area contributed by atoms with E-state index in [0.717, 1.165) is 5.56 Å². The van der Waals surface area contributed by atoms with E-state index in [1.165, 1.54) is 13.2 Å². The predicted octanol–water partition coefficient (Wildman–Crippen LogP) is 2.86. The van der Waals surface area contributed by atoms with Gasteiger partial charge in [0.2, 0.25) is 5.79 Å². The number of benzene rings is 2. The number of carbonyl (C=O) groups excluding carboxylic acids is 1. The van der Waals surface area contributed by atoms with Gasteiger partial charge in [0, 0.05) is 12.7 Å². The molecule has 0 bridgehead atoms. The van der Waals surface area contributed by atoms with Crippen LogP contribution in [0.25, 0.3) is 0 Å². The Bertz CT molecular complexity index is 651. The topological polar surface area (TPSA) is 55.8 Å². The number of phenolic OH excluding ortho intramolecular Hbond substituents is 1. The quantitative estimate of drug-likeness (QED) is 0.911. The summed E-state index contributed by atoms with van der Waals surface area (Å²) in [5.74, 6) is -1.06.